The second kappa shape index (κ2) is 2.77. The Morgan fingerprint density at radius 3 is 3.00 bits per heavy atom. The Morgan fingerprint density at radius 2 is 2.07 bits per heavy atom. The molecule has 0 aliphatic rings. The van der Waals surface area contributed by atoms with Crippen LogP contribution in [-0.2, 0) is 0 Å². The van der Waals surface area contributed by atoms with Crippen LogP contribution in [0.2, 0.25) is 0 Å². The quantitative estimate of drug-likeness (QED) is 0.524. The lowest BCUT2D eigenvalue weighted by molar-refractivity contribution is 0.600. The molecule has 0 aliphatic heterocycles. The summed E-state index contributed by atoms with van der Waals surface area (Å²) in [6.07, 6.45) is 1.76. The molecule has 2 nitrogen and oxygen atoms in total. The predicted octanol–water partition coefficient (Wildman–Crippen LogP) is 3.12. The van der Waals surface area contributed by atoms with Gasteiger partial charge in [-0.1, -0.05) is 6.07 Å². The topological polar surface area (TPSA) is 36.0 Å². The van der Waals surface area contributed by atoms with Crippen LogP contribution in [0.3, 0.4) is 0 Å². The molecular weight excluding hydrogens is 194 g/mol. The fourth-order valence-corrected chi connectivity index (χ4v) is 2.68. The van der Waals surface area contributed by atoms with Gasteiger partial charge in [-0.15, -0.1) is 0 Å². The average molecular weight is 201 g/mol. The molecule has 3 rings (SSSR count). The number of hydrogen-bond donors (Lipinski definition) is 0. The SMILES string of the molecule is [O-][s+]1ccc2c3ncccc3ccc21. The van der Waals surface area contributed by atoms with E-state index in [2.05, 4.69) is 4.98 Å². The van der Waals surface area contributed by atoms with Gasteiger partial charge in [0.1, 0.15) is 5.38 Å². The molecule has 3 heteroatoms. The molecule has 0 amide bonds. The monoisotopic (exact) mass is 201 g/mol. The first-order chi connectivity index (χ1) is 6.86. The predicted molar refractivity (Wildman–Crippen MR) is 57.9 cm³/mol. The molecule has 0 N–H and O–H groups in total. The van der Waals surface area contributed by atoms with E-state index in [1.165, 1.54) is 0 Å². The summed E-state index contributed by atoms with van der Waals surface area (Å²) in [6, 6.07) is 9.68. The molecule has 0 spiro atoms. The fourth-order valence-electron chi connectivity index (χ4n) is 1.69. The number of benzene rings is 1. The summed E-state index contributed by atoms with van der Waals surface area (Å²) in [5.41, 5.74) is 0.937. The Balaban J connectivity index is 2.61. The molecular formula is C11H7NOS. The van der Waals surface area contributed by atoms with E-state index < -0.39 is 10.8 Å². The van der Waals surface area contributed by atoms with E-state index in [1.54, 1.807) is 11.6 Å². The van der Waals surface area contributed by atoms with E-state index >= 15 is 0 Å². The summed E-state index contributed by atoms with van der Waals surface area (Å²) in [7, 11) is -0.974. The number of rotatable bonds is 0. The van der Waals surface area contributed by atoms with E-state index in [-0.39, 0.29) is 0 Å². The minimum atomic E-state index is -0.974. The summed E-state index contributed by atoms with van der Waals surface area (Å²) in [6.45, 7) is 0. The summed E-state index contributed by atoms with van der Waals surface area (Å²) < 4.78 is 12.4. The molecule has 0 aliphatic carbocycles. The van der Waals surface area contributed by atoms with Crippen LogP contribution < -0.4 is 0 Å². The van der Waals surface area contributed by atoms with E-state index in [1.807, 2.05) is 30.3 Å². The summed E-state index contributed by atoms with van der Waals surface area (Å²) in [5.74, 6) is 0. The largest absolute Gasteiger partial charge is 0.590 e. The lowest BCUT2D eigenvalue weighted by Crippen LogP contribution is -1.77. The van der Waals surface area contributed by atoms with Crippen molar-refractivity contribution in [2.24, 2.45) is 0 Å². The van der Waals surface area contributed by atoms with Gasteiger partial charge in [0, 0.05) is 17.6 Å². The van der Waals surface area contributed by atoms with Crippen molar-refractivity contribution in [1.82, 2.24) is 4.98 Å². The molecule has 0 saturated heterocycles. The minimum Gasteiger partial charge on any atom is -0.590 e. The molecule has 2 aromatic heterocycles. The maximum absolute atomic E-state index is 11.5. The zero-order chi connectivity index (χ0) is 9.54. The Bertz CT molecular complexity index is 615. The Labute approximate surface area is 83.6 Å². The number of hydrogen-bond acceptors (Lipinski definition) is 2. The van der Waals surface area contributed by atoms with Crippen molar-refractivity contribution in [2.75, 3.05) is 0 Å². The second-order valence-corrected chi connectivity index (χ2v) is 4.46. The smallest absolute Gasteiger partial charge is 0.181 e. The van der Waals surface area contributed by atoms with Gasteiger partial charge in [0.05, 0.1) is 10.9 Å². The zero-order valence-electron chi connectivity index (χ0n) is 7.31. The first-order valence-electron chi connectivity index (χ1n) is 4.33. The first kappa shape index (κ1) is 7.91. The highest BCUT2D eigenvalue weighted by molar-refractivity contribution is 7.30. The molecule has 0 bridgehead atoms. The van der Waals surface area contributed by atoms with Gasteiger partial charge in [-0.05, 0) is 28.9 Å². The normalized spacial score (nSPS) is 12.5. The van der Waals surface area contributed by atoms with E-state index in [0.717, 1.165) is 21.0 Å². The highest BCUT2D eigenvalue weighted by atomic mass is 32.2. The highest BCUT2D eigenvalue weighted by Crippen LogP contribution is 2.32. The third-order valence-corrected chi connectivity index (χ3v) is 3.52. The van der Waals surface area contributed by atoms with Gasteiger partial charge in [-0.2, -0.15) is 0 Å². The van der Waals surface area contributed by atoms with Crippen molar-refractivity contribution >= 4 is 31.7 Å². The van der Waals surface area contributed by atoms with Gasteiger partial charge < -0.3 is 4.55 Å². The van der Waals surface area contributed by atoms with E-state index in [4.69, 9.17) is 0 Å². The number of pyridine rings is 1. The Kier molecular flexibility index (Phi) is 1.56. The van der Waals surface area contributed by atoms with E-state index in [0.29, 0.717) is 0 Å². The van der Waals surface area contributed by atoms with Crippen molar-refractivity contribution in [1.29, 1.82) is 0 Å². The van der Waals surface area contributed by atoms with Gasteiger partial charge in [-0.25, -0.2) is 0 Å². The third-order valence-electron chi connectivity index (χ3n) is 2.35. The van der Waals surface area contributed by atoms with Crippen molar-refractivity contribution in [3.8, 4) is 0 Å². The molecule has 0 fully saturated rings. The van der Waals surface area contributed by atoms with Crippen LogP contribution >= 0.6 is 10.8 Å². The first-order valence-corrected chi connectivity index (χ1v) is 5.54. The van der Waals surface area contributed by atoms with Crippen molar-refractivity contribution in [3.63, 3.8) is 0 Å². The molecule has 1 unspecified atom stereocenters. The number of nitrogens with zero attached hydrogens (tertiary/aromatic N) is 1. The van der Waals surface area contributed by atoms with Crippen LogP contribution in [0.15, 0.2) is 41.9 Å². The lowest BCUT2D eigenvalue weighted by Gasteiger charge is -1.96. The second-order valence-electron chi connectivity index (χ2n) is 3.15. The maximum Gasteiger partial charge on any atom is 0.181 e. The van der Waals surface area contributed by atoms with Gasteiger partial charge in [-0.3, -0.25) is 4.98 Å². The minimum absolute atomic E-state index is 0.871. The molecule has 0 saturated carbocycles. The molecule has 14 heavy (non-hydrogen) atoms. The summed E-state index contributed by atoms with van der Waals surface area (Å²) >= 11 is 0. The number of aromatic nitrogens is 1. The molecule has 3 aromatic rings. The van der Waals surface area contributed by atoms with Gasteiger partial charge in [0.15, 0.2) is 4.70 Å². The molecule has 1 atom stereocenters. The van der Waals surface area contributed by atoms with Crippen LogP contribution in [0.4, 0.5) is 0 Å². The Morgan fingerprint density at radius 1 is 1.14 bits per heavy atom. The van der Waals surface area contributed by atoms with Crippen molar-refractivity contribution < 1.29 is 4.55 Å². The van der Waals surface area contributed by atoms with Gasteiger partial charge >= 0.3 is 0 Å². The molecule has 0 radical (unpaired) electrons. The number of thiophene rings is 1. The fraction of sp³-hybridized carbons (Fsp3) is 0. The van der Waals surface area contributed by atoms with Crippen LogP contribution in [0.5, 0.6) is 0 Å². The van der Waals surface area contributed by atoms with Crippen LogP contribution in [-0.4, -0.2) is 9.54 Å². The summed E-state index contributed by atoms with van der Waals surface area (Å²) in [4.78, 5) is 4.30. The lowest BCUT2D eigenvalue weighted by atomic mass is 10.1. The molecule has 1 aromatic carbocycles. The molecule has 68 valence electrons. The number of fused-ring (bicyclic) bond motifs is 3. The highest BCUT2D eigenvalue weighted by Gasteiger charge is 2.08. The standard InChI is InChI=1S/C11H7NOS/c13-14-7-5-9-10(14)4-3-8-2-1-6-12-11(8)9/h1-7H. The van der Waals surface area contributed by atoms with Gasteiger partial charge in [0.25, 0.3) is 0 Å². The van der Waals surface area contributed by atoms with Crippen molar-refractivity contribution in [2.45, 2.75) is 0 Å². The third kappa shape index (κ3) is 0.967. The van der Waals surface area contributed by atoms with Crippen LogP contribution in [0.25, 0.3) is 21.0 Å². The Hall–Kier alpha value is -1.45. The average Bonchev–Trinajstić information content (AvgIpc) is 2.61. The van der Waals surface area contributed by atoms with Crippen LogP contribution in [0, 0.1) is 0 Å². The maximum atomic E-state index is 11.5. The molecule has 2 heterocycles. The van der Waals surface area contributed by atoms with Crippen molar-refractivity contribution in [3.05, 3.63) is 41.9 Å². The van der Waals surface area contributed by atoms with Gasteiger partial charge in [0.2, 0.25) is 0 Å². The van der Waals surface area contributed by atoms with E-state index in [9.17, 15) is 4.55 Å². The zero-order valence-corrected chi connectivity index (χ0v) is 8.12. The van der Waals surface area contributed by atoms with Crippen LogP contribution in [0.1, 0.15) is 0 Å². The summed E-state index contributed by atoms with van der Waals surface area (Å²) in [5, 5.41) is 3.80.